The molecule has 1 nitrogen and oxygen atoms in total. The molecule has 20 heavy (non-hydrogen) atoms. The van der Waals surface area contributed by atoms with E-state index in [-0.39, 0.29) is 0 Å². The minimum Gasteiger partial charge on any atom is -0.376 e. The largest absolute Gasteiger partial charge is 0.376 e. The van der Waals surface area contributed by atoms with Crippen LogP contribution in [-0.2, 0) is 12.8 Å². The van der Waals surface area contributed by atoms with Gasteiger partial charge in [-0.2, -0.15) is 0 Å². The number of thiophene rings is 1. The molecule has 1 unspecified atom stereocenters. The molecule has 3 rings (SSSR count). The Morgan fingerprint density at radius 1 is 1.20 bits per heavy atom. The van der Waals surface area contributed by atoms with Crippen LogP contribution in [0, 0.1) is 6.92 Å². The minimum atomic E-state index is 0.310. The van der Waals surface area contributed by atoms with E-state index in [1.807, 2.05) is 23.5 Å². The van der Waals surface area contributed by atoms with Gasteiger partial charge in [0, 0.05) is 9.75 Å². The highest BCUT2D eigenvalue weighted by molar-refractivity contribution is 7.12. The second-order valence-electron chi connectivity index (χ2n) is 5.65. The van der Waals surface area contributed by atoms with E-state index in [2.05, 4.69) is 31.3 Å². The van der Waals surface area contributed by atoms with E-state index in [9.17, 15) is 0 Å². The molecule has 1 atom stereocenters. The Hall–Kier alpha value is -0.990. The molecule has 2 aromatic rings. The summed E-state index contributed by atoms with van der Waals surface area (Å²) < 4.78 is 0. The van der Waals surface area contributed by atoms with Crippen LogP contribution in [0.2, 0.25) is 5.02 Å². The van der Waals surface area contributed by atoms with Gasteiger partial charge in [0.2, 0.25) is 0 Å². The lowest BCUT2D eigenvalue weighted by molar-refractivity contribution is 0.696. The zero-order valence-corrected chi connectivity index (χ0v) is 13.6. The molecule has 0 fully saturated rings. The van der Waals surface area contributed by atoms with Gasteiger partial charge in [-0.1, -0.05) is 17.7 Å². The van der Waals surface area contributed by atoms with Gasteiger partial charge >= 0.3 is 0 Å². The number of fused-ring (bicyclic) bond motifs is 1. The summed E-state index contributed by atoms with van der Waals surface area (Å²) in [7, 11) is 0. The van der Waals surface area contributed by atoms with Gasteiger partial charge in [-0.05, 0) is 68.9 Å². The van der Waals surface area contributed by atoms with Crippen LogP contribution in [0.1, 0.15) is 46.7 Å². The van der Waals surface area contributed by atoms with Crippen molar-refractivity contribution in [3.05, 3.63) is 50.2 Å². The van der Waals surface area contributed by atoms with Crippen molar-refractivity contribution in [2.24, 2.45) is 0 Å². The first kappa shape index (κ1) is 14.0. The fraction of sp³-hybridized carbons (Fsp3) is 0.412. The quantitative estimate of drug-likeness (QED) is 0.760. The molecule has 0 radical (unpaired) electrons. The molecule has 0 amide bonds. The van der Waals surface area contributed by atoms with E-state index in [4.69, 9.17) is 11.6 Å². The predicted molar refractivity (Wildman–Crippen MR) is 89.2 cm³/mol. The molecule has 106 valence electrons. The Morgan fingerprint density at radius 3 is 2.80 bits per heavy atom. The molecule has 3 heteroatoms. The Kier molecular flexibility index (Phi) is 4.04. The van der Waals surface area contributed by atoms with E-state index >= 15 is 0 Å². The molecular formula is C17H20ClNS. The van der Waals surface area contributed by atoms with Crippen molar-refractivity contribution in [2.75, 3.05) is 5.32 Å². The highest BCUT2D eigenvalue weighted by Crippen LogP contribution is 2.35. The van der Waals surface area contributed by atoms with Crippen molar-refractivity contribution < 1.29 is 0 Å². The average Bonchev–Trinajstić information content (AvgIpc) is 2.87. The SMILES string of the molecule is Cc1ccc(Cl)c(NC(C)c2cc3c(s2)CCCC3)c1. The fourth-order valence-corrected chi connectivity index (χ4v) is 4.21. The van der Waals surface area contributed by atoms with Gasteiger partial charge < -0.3 is 5.32 Å². The molecule has 0 saturated heterocycles. The number of halogens is 1. The van der Waals surface area contributed by atoms with Crippen LogP contribution in [-0.4, -0.2) is 0 Å². The van der Waals surface area contributed by atoms with Crippen LogP contribution >= 0.6 is 22.9 Å². The molecule has 0 bridgehead atoms. The van der Waals surface area contributed by atoms with E-state index in [1.165, 1.54) is 36.1 Å². The molecule has 0 aliphatic heterocycles. The first-order chi connectivity index (χ1) is 9.63. The van der Waals surface area contributed by atoms with Crippen molar-refractivity contribution in [3.8, 4) is 0 Å². The third-order valence-corrected chi connectivity index (χ3v) is 5.69. The summed E-state index contributed by atoms with van der Waals surface area (Å²) >= 11 is 8.24. The lowest BCUT2D eigenvalue weighted by atomic mass is 9.99. The Morgan fingerprint density at radius 2 is 2.00 bits per heavy atom. The van der Waals surface area contributed by atoms with Gasteiger partial charge in [-0.25, -0.2) is 0 Å². The first-order valence-electron chi connectivity index (χ1n) is 7.27. The number of anilines is 1. The topological polar surface area (TPSA) is 12.0 Å². The molecule has 0 spiro atoms. The average molecular weight is 306 g/mol. The second-order valence-corrected chi connectivity index (χ2v) is 7.23. The highest BCUT2D eigenvalue weighted by atomic mass is 35.5. The maximum atomic E-state index is 6.27. The second kappa shape index (κ2) is 5.79. The first-order valence-corrected chi connectivity index (χ1v) is 8.47. The molecule has 1 aromatic carbocycles. The van der Waals surface area contributed by atoms with Gasteiger partial charge in [0.05, 0.1) is 16.8 Å². The maximum Gasteiger partial charge on any atom is 0.0637 e. The third kappa shape index (κ3) is 2.87. The summed E-state index contributed by atoms with van der Waals surface area (Å²) in [5.41, 5.74) is 3.83. The lowest BCUT2D eigenvalue weighted by Gasteiger charge is -2.15. The van der Waals surface area contributed by atoms with Crippen LogP contribution in [0.3, 0.4) is 0 Å². The lowest BCUT2D eigenvalue weighted by Crippen LogP contribution is -2.05. The van der Waals surface area contributed by atoms with Crippen LogP contribution in [0.15, 0.2) is 24.3 Å². The molecule has 1 N–H and O–H groups in total. The van der Waals surface area contributed by atoms with Crippen molar-refractivity contribution in [1.82, 2.24) is 0 Å². The van der Waals surface area contributed by atoms with Gasteiger partial charge in [-0.3, -0.25) is 0 Å². The molecule has 1 aliphatic carbocycles. The van der Waals surface area contributed by atoms with Crippen molar-refractivity contribution in [2.45, 2.75) is 45.6 Å². The number of aryl methyl sites for hydroxylation is 3. The number of benzene rings is 1. The summed E-state index contributed by atoms with van der Waals surface area (Å²) in [6.45, 7) is 4.31. The zero-order valence-electron chi connectivity index (χ0n) is 12.0. The van der Waals surface area contributed by atoms with E-state index in [1.54, 1.807) is 10.4 Å². The van der Waals surface area contributed by atoms with Gasteiger partial charge in [-0.15, -0.1) is 11.3 Å². The normalized spacial score (nSPS) is 15.8. The number of rotatable bonds is 3. The van der Waals surface area contributed by atoms with Crippen molar-refractivity contribution >= 4 is 28.6 Å². The van der Waals surface area contributed by atoms with Gasteiger partial charge in [0.25, 0.3) is 0 Å². The van der Waals surface area contributed by atoms with Crippen LogP contribution in [0.5, 0.6) is 0 Å². The minimum absolute atomic E-state index is 0.310. The summed E-state index contributed by atoms with van der Waals surface area (Å²) in [4.78, 5) is 3.02. The number of hydrogen-bond donors (Lipinski definition) is 1. The maximum absolute atomic E-state index is 6.27. The summed E-state index contributed by atoms with van der Waals surface area (Å²) in [6.07, 6.45) is 5.20. The summed E-state index contributed by atoms with van der Waals surface area (Å²) in [5, 5.41) is 4.35. The third-order valence-electron chi connectivity index (χ3n) is 3.94. The Labute approximate surface area is 130 Å². The molecule has 0 saturated carbocycles. The van der Waals surface area contributed by atoms with E-state index < -0.39 is 0 Å². The van der Waals surface area contributed by atoms with E-state index in [0.717, 1.165) is 10.7 Å². The van der Waals surface area contributed by atoms with Gasteiger partial charge in [0.1, 0.15) is 0 Å². The molecule has 1 aromatic heterocycles. The van der Waals surface area contributed by atoms with E-state index in [0.29, 0.717) is 6.04 Å². The standard InChI is InChI=1S/C17H20ClNS/c1-11-7-8-14(18)15(9-11)19-12(2)17-10-13-5-3-4-6-16(13)20-17/h7-10,12,19H,3-6H2,1-2H3. The van der Waals surface area contributed by atoms with Crippen LogP contribution < -0.4 is 5.32 Å². The number of nitrogens with one attached hydrogen (secondary N) is 1. The smallest absolute Gasteiger partial charge is 0.0637 e. The summed E-state index contributed by atoms with van der Waals surface area (Å²) in [5.74, 6) is 0. The predicted octanol–water partition coefficient (Wildman–Crippen LogP) is 5.76. The molecular weight excluding hydrogens is 286 g/mol. The Bertz CT molecular complexity index is 594. The van der Waals surface area contributed by atoms with Crippen LogP contribution in [0.4, 0.5) is 5.69 Å². The fourth-order valence-electron chi connectivity index (χ4n) is 2.78. The summed E-state index contributed by atoms with van der Waals surface area (Å²) in [6, 6.07) is 8.82. The van der Waals surface area contributed by atoms with Crippen molar-refractivity contribution in [3.63, 3.8) is 0 Å². The van der Waals surface area contributed by atoms with Gasteiger partial charge in [0.15, 0.2) is 0 Å². The Balaban J connectivity index is 1.80. The highest BCUT2D eigenvalue weighted by Gasteiger charge is 2.17. The number of hydrogen-bond acceptors (Lipinski definition) is 2. The zero-order chi connectivity index (χ0) is 14.1. The monoisotopic (exact) mass is 305 g/mol. The van der Waals surface area contributed by atoms with Crippen LogP contribution in [0.25, 0.3) is 0 Å². The molecule has 1 heterocycles. The molecule has 1 aliphatic rings. The van der Waals surface area contributed by atoms with Crippen molar-refractivity contribution in [1.29, 1.82) is 0 Å².